The molecule has 5 heterocycles. The molecular formula is C21H14N4O2Pt. The van der Waals surface area contributed by atoms with Crippen LogP contribution in [0, 0.1) is 0 Å². The monoisotopic (exact) mass is 549 g/mol. The normalized spacial score (nSPS) is 12.0. The second-order valence-corrected chi connectivity index (χ2v) is 6.39. The van der Waals surface area contributed by atoms with E-state index in [2.05, 4.69) is 19.9 Å². The largest absolute Gasteiger partial charge is 0.478 e. The van der Waals surface area contributed by atoms with Crippen molar-refractivity contribution >= 4 is 52.3 Å². The maximum Gasteiger partial charge on any atom is 0.337 e. The van der Waals surface area contributed by atoms with E-state index in [1.54, 1.807) is 12.1 Å². The summed E-state index contributed by atoms with van der Waals surface area (Å²) < 4.78 is 0. The number of aromatic amines is 2. The fraction of sp³-hybridized carbons (Fsp3) is 0. The zero-order valence-electron chi connectivity index (χ0n) is 14.4. The summed E-state index contributed by atoms with van der Waals surface area (Å²) in [6.07, 6.45) is 7.64. The predicted octanol–water partition coefficient (Wildman–Crippen LogP) is 4.35. The van der Waals surface area contributed by atoms with E-state index >= 15 is 0 Å². The summed E-state index contributed by atoms with van der Waals surface area (Å²) in [4.78, 5) is 27.2. The van der Waals surface area contributed by atoms with Gasteiger partial charge in [-0.15, -0.1) is 0 Å². The third-order valence-electron chi connectivity index (χ3n) is 4.40. The van der Waals surface area contributed by atoms with Crippen LogP contribution in [0.2, 0.25) is 0 Å². The standard InChI is InChI=1S/C21H14N4O2.Pt/c26-21(27)19-10-18-9-16-4-3-14(23-16)7-12-1-2-13(22-12)8-15-5-6-17(24-15)11-20(19)25-18;/h1-11,23,25H,(H,26,27);. The van der Waals surface area contributed by atoms with E-state index in [0.29, 0.717) is 16.7 Å². The van der Waals surface area contributed by atoms with E-state index in [1.165, 1.54) is 0 Å². The van der Waals surface area contributed by atoms with Crippen molar-refractivity contribution in [1.82, 2.24) is 19.9 Å². The van der Waals surface area contributed by atoms with Gasteiger partial charge in [-0.2, -0.15) is 0 Å². The summed E-state index contributed by atoms with van der Waals surface area (Å²) in [6, 6.07) is 13.0. The van der Waals surface area contributed by atoms with E-state index in [0.717, 1.165) is 28.1 Å². The molecule has 0 aliphatic carbocycles. The van der Waals surface area contributed by atoms with E-state index in [1.807, 2.05) is 54.6 Å². The fourth-order valence-electron chi connectivity index (χ4n) is 3.20. The summed E-state index contributed by atoms with van der Waals surface area (Å²) >= 11 is 0. The third-order valence-corrected chi connectivity index (χ3v) is 4.40. The molecule has 0 aromatic carbocycles. The molecule has 28 heavy (non-hydrogen) atoms. The van der Waals surface area contributed by atoms with Crippen LogP contribution in [-0.2, 0) is 21.1 Å². The molecule has 0 saturated heterocycles. The number of carboxylic acids is 1. The van der Waals surface area contributed by atoms with E-state index in [4.69, 9.17) is 0 Å². The molecule has 2 aliphatic heterocycles. The summed E-state index contributed by atoms with van der Waals surface area (Å²) in [7, 11) is 0. The van der Waals surface area contributed by atoms with Crippen LogP contribution in [0.1, 0.15) is 33.1 Å². The topological polar surface area (TPSA) is 94.7 Å². The molecule has 3 aromatic rings. The molecule has 0 spiro atoms. The van der Waals surface area contributed by atoms with Crippen molar-refractivity contribution in [2.75, 3.05) is 0 Å². The average Bonchev–Trinajstić information content (AvgIpc) is 3.38. The number of fused-ring (bicyclic) bond motifs is 8. The molecule has 2 aliphatic rings. The number of nitrogens with zero attached hydrogens (tertiary/aromatic N) is 2. The SMILES string of the molecule is O=C(O)c1cc2cc3ccc(cc4nc(cc5nc(cc1[nH]2)C=C5)C=C4)[nH]3.[Pt]. The number of hydrogen-bond donors (Lipinski definition) is 3. The molecule has 6 nitrogen and oxygen atoms in total. The van der Waals surface area contributed by atoms with Crippen molar-refractivity contribution in [3.63, 3.8) is 0 Å². The summed E-state index contributed by atoms with van der Waals surface area (Å²) in [5, 5.41) is 9.52. The Labute approximate surface area is 174 Å². The minimum Gasteiger partial charge on any atom is -0.478 e. The predicted molar refractivity (Wildman–Crippen MR) is 106 cm³/mol. The van der Waals surface area contributed by atoms with Gasteiger partial charge in [-0.1, -0.05) is 0 Å². The maximum absolute atomic E-state index is 11.6. The van der Waals surface area contributed by atoms with Crippen molar-refractivity contribution in [1.29, 1.82) is 0 Å². The number of aromatic nitrogens is 4. The first-order valence-corrected chi connectivity index (χ1v) is 8.44. The van der Waals surface area contributed by atoms with Crippen molar-refractivity contribution < 1.29 is 31.0 Å². The molecule has 0 radical (unpaired) electrons. The van der Waals surface area contributed by atoms with Crippen molar-refractivity contribution in [3.8, 4) is 0 Å². The zero-order chi connectivity index (χ0) is 18.4. The molecule has 0 unspecified atom stereocenters. The Morgan fingerprint density at radius 2 is 1.29 bits per heavy atom. The molecule has 0 atom stereocenters. The summed E-state index contributed by atoms with van der Waals surface area (Å²) in [5.74, 6) is -0.984. The van der Waals surface area contributed by atoms with Gasteiger partial charge in [0, 0.05) is 37.6 Å². The Balaban J connectivity index is 0.00000192. The van der Waals surface area contributed by atoms with Gasteiger partial charge in [0.15, 0.2) is 0 Å². The average molecular weight is 549 g/mol. The Bertz CT molecular complexity index is 1310. The number of H-pyrrole nitrogens is 2. The molecule has 140 valence electrons. The van der Waals surface area contributed by atoms with Crippen LogP contribution in [-0.4, -0.2) is 31.0 Å². The Morgan fingerprint density at radius 1 is 0.714 bits per heavy atom. The van der Waals surface area contributed by atoms with Crippen LogP contribution in [0.5, 0.6) is 0 Å². The quantitative estimate of drug-likeness (QED) is 0.290. The second-order valence-electron chi connectivity index (χ2n) is 6.39. The number of hydrogen-bond acceptors (Lipinski definition) is 3. The minimum atomic E-state index is -0.984. The molecule has 3 aromatic heterocycles. The van der Waals surface area contributed by atoms with Gasteiger partial charge < -0.3 is 15.1 Å². The van der Waals surface area contributed by atoms with Gasteiger partial charge >= 0.3 is 5.97 Å². The van der Waals surface area contributed by atoms with Gasteiger partial charge in [-0.25, -0.2) is 14.8 Å². The van der Waals surface area contributed by atoms with Crippen LogP contribution in [0.3, 0.4) is 0 Å². The van der Waals surface area contributed by atoms with Gasteiger partial charge in [0.1, 0.15) is 0 Å². The zero-order valence-corrected chi connectivity index (χ0v) is 16.7. The van der Waals surface area contributed by atoms with Crippen molar-refractivity contribution in [2.45, 2.75) is 0 Å². The van der Waals surface area contributed by atoms with Crippen LogP contribution in [0.25, 0.3) is 46.4 Å². The van der Waals surface area contributed by atoms with Gasteiger partial charge in [0.05, 0.1) is 33.9 Å². The third kappa shape index (κ3) is 3.47. The number of aromatic carboxylic acids is 1. The molecule has 7 heteroatoms. The maximum atomic E-state index is 11.6. The smallest absolute Gasteiger partial charge is 0.337 e. The second kappa shape index (κ2) is 7.06. The van der Waals surface area contributed by atoms with Crippen LogP contribution < -0.4 is 0 Å². The Morgan fingerprint density at radius 3 is 1.93 bits per heavy atom. The van der Waals surface area contributed by atoms with Gasteiger partial charge in [0.2, 0.25) is 0 Å². The summed E-state index contributed by atoms with van der Waals surface area (Å²) in [5.41, 5.74) is 6.34. The van der Waals surface area contributed by atoms with E-state index in [9.17, 15) is 9.90 Å². The number of carboxylic acid groups (broad SMARTS) is 1. The van der Waals surface area contributed by atoms with Crippen molar-refractivity contribution in [3.05, 3.63) is 70.8 Å². The fourth-order valence-corrected chi connectivity index (χ4v) is 3.20. The van der Waals surface area contributed by atoms with Crippen molar-refractivity contribution in [2.24, 2.45) is 0 Å². The number of nitrogens with one attached hydrogen (secondary N) is 2. The van der Waals surface area contributed by atoms with Crippen LogP contribution >= 0.6 is 0 Å². The van der Waals surface area contributed by atoms with Gasteiger partial charge in [0.25, 0.3) is 0 Å². The first-order valence-electron chi connectivity index (χ1n) is 8.44. The Hall–Kier alpha value is -3.24. The molecule has 0 amide bonds. The van der Waals surface area contributed by atoms with Gasteiger partial charge in [-0.3, -0.25) is 0 Å². The number of carbonyl (C=O) groups is 1. The van der Waals surface area contributed by atoms with Crippen LogP contribution in [0.4, 0.5) is 0 Å². The molecule has 0 saturated carbocycles. The molecule has 5 rings (SSSR count). The molecule has 8 bridgehead atoms. The van der Waals surface area contributed by atoms with Gasteiger partial charge in [-0.05, 0) is 66.8 Å². The molecular weight excluding hydrogens is 535 g/mol. The first-order chi connectivity index (χ1) is 13.1. The Kier molecular flexibility index (Phi) is 4.57. The minimum absolute atomic E-state index is 0. The summed E-state index contributed by atoms with van der Waals surface area (Å²) in [6.45, 7) is 0. The van der Waals surface area contributed by atoms with E-state index in [-0.39, 0.29) is 26.6 Å². The van der Waals surface area contributed by atoms with E-state index < -0.39 is 5.97 Å². The molecule has 0 fully saturated rings. The van der Waals surface area contributed by atoms with Crippen LogP contribution in [0.15, 0.2) is 42.5 Å². The number of rotatable bonds is 1. The molecule has 3 N–H and O–H groups in total. The first kappa shape index (κ1) is 18.1.